The Morgan fingerprint density at radius 3 is 2.73 bits per heavy atom. The Labute approximate surface area is 145 Å². The molecule has 4 atom stereocenters. The quantitative estimate of drug-likeness (QED) is 0.586. The second-order valence-electron chi connectivity index (χ2n) is 5.92. The molecule has 120 valence electrons. The molecule has 0 aromatic heterocycles. The molecule has 4 nitrogen and oxygen atoms in total. The van der Waals surface area contributed by atoms with E-state index in [0.29, 0.717) is 0 Å². The summed E-state index contributed by atoms with van der Waals surface area (Å²) in [4.78, 5) is 5.15. The van der Waals surface area contributed by atoms with E-state index in [0.717, 1.165) is 30.5 Å². The highest BCUT2D eigenvalue weighted by molar-refractivity contribution is 14.1. The Morgan fingerprint density at radius 2 is 2.09 bits per heavy atom. The van der Waals surface area contributed by atoms with E-state index in [1.54, 1.807) is 7.11 Å². The summed E-state index contributed by atoms with van der Waals surface area (Å²) in [5.41, 5.74) is 6.46. The van der Waals surface area contributed by atoms with E-state index in [2.05, 4.69) is 59.3 Å². The molecular weight excluding hydrogens is 393 g/mol. The predicted octanol–water partition coefficient (Wildman–Crippen LogP) is 3.11. The van der Waals surface area contributed by atoms with Crippen molar-refractivity contribution in [3.63, 3.8) is 0 Å². The summed E-state index contributed by atoms with van der Waals surface area (Å²) in [6.07, 6.45) is 1.96. The Hall–Kier alpha value is -0.630. The van der Waals surface area contributed by atoms with Gasteiger partial charge in [0.1, 0.15) is 6.10 Å². The van der Waals surface area contributed by atoms with Crippen LogP contribution in [0.3, 0.4) is 0 Å². The van der Waals surface area contributed by atoms with E-state index in [-0.39, 0.29) is 18.1 Å². The Balaban J connectivity index is 2.04. The van der Waals surface area contributed by atoms with Crippen LogP contribution in [0, 0.1) is 3.57 Å². The standard InChI is InChI=1S/C17H22INO3/c1-3-14(19-21-2)16-13(10-4-6-11(18)7-5-10)8-12-9-15(20)17(16)22-12/h4-7,12-13,15,17,19-20H,3,8-9H2,1-2H3/t12?,13-,15?,17+/m1/s1. The molecule has 0 radical (unpaired) electrons. The van der Waals surface area contributed by atoms with Crippen molar-refractivity contribution >= 4 is 22.6 Å². The third kappa shape index (κ3) is 3.04. The second-order valence-corrected chi connectivity index (χ2v) is 7.16. The molecule has 2 fully saturated rings. The van der Waals surface area contributed by atoms with Crippen LogP contribution in [0.1, 0.15) is 37.7 Å². The van der Waals surface area contributed by atoms with Crippen LogP contribution in [0.2, 0.25) is 0 Å². The number of benzene rings is 1. The van der Waals surface area contributed by atoms with Crippen molar-refractivity contribution in [3.8, 4) is 0 Å². The maximum absolute atomic E-state index is 10.4. The number of hydroxylamine groups is 1. The largest absolute Gasteiger partial charge is 0.390 e. The fourth-order valence-corrected chi connectivity index (χ4v) is 3.98. The van der Waals surface area contributed by atoms with E-state index >= 15 is 0 Å². The Bertz CT molecular complexity index is 558. The molecule has 2 bridgehead atoms. The van der Waals surface area contributed by atoms with Crippen LogP contribution in [0.5, 0.6) is 0 Å². The van der Waals surface area contributed by atoms with Gasteiger partial charge in [-0.3, -0.25) is 10.3 Å². The number of halogens is 1. The monoisotopic (exact) mass is 415 g/mol. The van der Waals surface area contributed by atoms with Crippen LogP contribution >= 0.6 is 22.6 Å². The third-order valence-electron chi connectivity index (χ3n) is 4.57. The van der Waals surface area contributed by atoms with Gasteiger partial charge in [0.15, 0.2) is 0 Å². The van der Waals surface area contributed by atoms with Crippen LogP contribution in [-0.4, -0.2) is 30.5 Å². The van der Waals surface area contributed by atoms with Crippen LogP contribution < -0.4 is 5.48 Å². The van der Waals surface area contributed by atoms with Gasteiger partial charge in [0.25, 0.3) is 0 Å². The summed E-state index contributed by atoms with van der Waals surface area (Å²) >= 11 is 2.32. The van der Waals surface area contributed by atoms with Crippen LogP contribution in [-0.2, 0) is 9.57 Å². The molecule has 3 rings (SSSR count). The molecule has 2 aliphatic rings. The lowest BCUT2D eigenvalue weighted by Crippen LogP contribution is -2.34. The maximum atomic E-state index is 10.4. The smallest absolute Gasteiger partial charge is 0.107 e. The lowest BCUT2D eigenvalue weighted by atomic mass is 9.82. The summed E-state index contributed by atoms with van der Waals surface area (Å²) in [6, 6.07) is 8.64. The van der Waals surface area contributed by atoms with Crippen molar-refractivity contribution in [2.45, 2.75) is 50.4 Å². The number of hydrogen-bond donors (Lipinski definition) is 2. The third-order valence-corrected chi connectivity index (χ3v) is 5.29. The minimum absolute atomic E-state index is 0.147. The number of nitrogens with one attached hydrogen (secondary N) is 1. The molecule has 0 saturated carbocycles. The first-order chi connectivity index (χ1) is 10.6. The molecule has 2 N–H and O–H groups in total. The summed E-state index contributed by atoms with van der Waals surface area (Å²) in [7, 11) is 1.62. The molecule has 1 aromatic carbocycles. The minimum Gasteiger partial charge on any atom is -0.390 e. The number of allylic oxidation sites excluding steroid dienone is 1. The van der Waals surface area contributed by atoms with Crippen molar-refractivity contribution < 1.29 is 14.7 Å². The van der Waals surface area contributed by atoms with Gasteiger partial charge in [-0.15, -0.1) is 0 Å². The average molecular weight is 415 g/mol. The zero-order valence-corrected chi connectivity index (χ0v) is 15.0. The predicted molar refractivity (Wildman–Crippen MR) is 93.3 cm³/mol. The maximum Gasteiger partial charge on any atom is 0.107 e. The molecule has 0 amide bonds. The van der Waals surface area contributed by atoms with E-state index in [9.17, 15) is 5.11 Å². The molecule has 0 aliphatic carbocycles. The van der Waals surface area contributed by atoms with E-state index < -0.39 is 6.10 Å². The van der Waals surface area contributed by atoms with Gasteiger partial charge in [-0.1, -0.05) is 19.1 Å². The summed E-state index contributed by atoms with van der Waals surface area (Å²) in [5.74, 6) is 0.274. The molecule has 0 spiro atoms. The number of aliphatic hydroxyl groups excluding tert-OH is 1. The lowest BCUT2D eigenvalue weighted by molar-refractivity contribution is 0.000901. The second kappa shape index (κ2) is 6.86. The van der Waals surface area contributed by atoms with Crippen LogP contribution in [0.15, 0.2) is 35.5 Å². The van der Waals surface area contributed by atoms with Gasteiger partial charge < -0.3 is 9.84 Å². The first-order valence-corrected chi connectivity index (χ1v) is 8.82. The van der Waals surface area contributed by atoms with Crippen LogP contribution in [0.25, 0.3) is 0 Å². The highest BCUT2D eigenvalue weighted by atomic mass is 127. The first-order valence-electron chi connectivity index (χ1n) is 7.75. The van der Waals surface area contributed by atoms with Crippen molar-refractivity contribution in [1.29, 1.82) is 0 Å². The van der Waals surface area contributed by atoms with E-state index in [1.165, 1.54) is 9.13 Å². The Morgan fingerprint density at radius 1 is 1.36 bits per heavy atom. The zero-order valence-electron chi connectivity index (χ0n) is 12.9. The van der Waals surface area contributed by atoms with Crippen molar-refractivity contribution in [1.82, 2.24) is 5.48 Å². The topological polar surface area (TPSA) is 50.7 Å². The van der Waals surface area contributed by atoms with Gasteiger partial charge in [-0.05, 0) is 58.7 Å². The van der Waals surface area contributed by atoms with Gasteiger partial charge in [-0.25, -0.2) is 0 Å². The van der Waals surface area contributed by atoms with Gasteiger partial charge in [-0.2, -0.15) is 0 Å². The molecule has 1 aromatic rings. The van der Waals surface area contributed by atoms with Gasteiger partial charge in [0, 0.05) is 21.6 Å². The number of hydrogen-bond acceptors (Lipinski definition) is 4. The molecule has 2 unspecified atom stereocenters. The molecule has 22 heavy (non-hydrogen) atoms. The minimum atomic E-state index is -0.422. The van der Waals surface area contributed by atoms with Crippen molar-refractivity contribution in [2.75, 3.05) is 7.11 Å². The fourth-order valence-electron chi connectivity index (χ4n) is 3.62. The van der Waals surface area contributed by atoms with E-state index in [1.807, 2.05) is 0 Å². The fraction of sp³-hybridized carbons (Fsp3) is 0.529. The highest BCUT2D eigenvalue weighted by Gasteiger charge is 2.46. The number of ether oxygens (including phenoxy) is 1. The Kier molecular flexibility index (Phi) is 5.07. The molecule has 2 heterocycles. The van der Waals surface area contributed by atoms with Gasteiger partial charge >= 0.3 is 0 Å². The van der Waals surface area contributed by atoms with Crippen molar-refractivity contribution in [2.24, 2.45) is 0 Å². The molecule has 5 heteroatoms. The normalized spacial score (nSPS) is 32.9. The lowest BCUT2D eigenvalue weighted by Gasteiger charge is -2.34. The van der Waals surface area contributed by atoms with E-state index in [4.69, 9.17) is 9.57 Å². The number of fused-ring (bicyclic) bond motifs is 2. The average Bonchev–Trinajstić information content (AvgIpc) is 2.81. The summed E-state index contributed by atoms with van der Waals surface area (Å²) in [5, 5.41) is 10.4. The highest BCUT2D eigenvalue weighted by Crippen LogP contribution is 2.46. The van der Waals surface area contributed by atoms with Gasteiger partial charge in [0.2, 0.25) is 0 Å². The number of rotatable bonds is 4. The summed E-state index contributed by atoms with van der Waals surface area (Å²) in [6.45, 7) is 2.09. The van der Waals surface area contributed by atoms with Gasteiger partial charge in [0.05, 0.1) is 19.3 Å². The first kappa shape index (κ1) is 16.2. The van der Waals surface area contributed by atoms with Crippen molar-refractivity contribution in [3.05, 3.63) is 44.7 Å². The van der Waals surface area contributed by atoms with Crippen LogP contribution in [0.4, 0.5) is 0 Å². The zero-order chi connectivity index (χ0) is 15.7. The number of aliphatic hydroxyl groups is 1. The molecule has 2 saturated heterocycles. The molecular formula is C17H22INO3. The molecule has 2 aliphatic heterocycles. The SMILES string of the molecule is CCC(NOC)=C1[C@H]2OC(CC2O)C[C@@H]1c1ccc(I)cc1. The summed E-state index contributed by atoms with van der Waals surface area (Å²) < 4.78 is 7.25.